The predicted molar refractivity (Wildman–Crippen MR) is 110 cm³/mol. The number of fused-ring (bicyclic) bond motifs is 2. The molecule has 0 aliphatic heterocycles. The van der Waals surface area contributed by atoms with Crippen LogP contribution in [-0.2, 0) is 0 Å². The van der Waals surface area contributed by atoms with E-state index >= 15 is 0 Å². The number of H-pyrrole nitrogens is 1. The normalized spacial score (nSPS) is 11.3. The number of rotatable bonds is 4. The Kier molecular flexibility index (Phi) is 3.99. The number of para-hydroxylation sites is 1. The lowest BCUT2D eigenvalue weighted by molar-refractivity contribution is 1.04. The highest BCUT2D eigenvalue weighted by Gasteiger charge is 2.14. The summed E-state index contributed by atoms with van der Waals surface area (Å²) in [6.07, 6.45) is 1.81. The third-order valence-corrected chi connectivity index (χ3v) is 6.12. The Hall–Kier alpha value is -2.97. The van der Waals surface area contributed by atoms with Crippen molar-refractivity contribution < 1.29 is 0 Å². The van der Waals surface area contributed by atoms with Gasteiger partial charge in [0, 0.05) is 22.2 Å². The Balaban J connectivity index is 1.46. The number of thiazole rings is 1. The third kappa shape index (κ3) is 3.13. The zero-order chi connectivity index (χ0) is 18.2. The first-order valence-electron chi connectivity index (χ1n) is 8.31. The molecule has 0 atom stereocenters. The molecule has 0 unspecified atom stereocenters. The first-order valence-corrected chi connectivity index (χ1v) is 10.0. The Morgan fingerprint density at radius 1 is 1.07 bits per heavy atom. The molecule has 0 saturated heterocycles. The fraction of sp³-hybridized carbons (Fsp3) is 0.0526. The summed E-state index contributed by atoms with van der Waals surface area (Å²) in [7, 11) is 0. The van der Waals surface area contributed by atoms with Gasteiger partial charge in [0.25, 0.3) is 0 Å². The number of hydrogen-bond donors (Lipinski definition) is 2. The number of aromatic nitrogens is 5. The van der Waals surface area contributed by atoms with Crippen LogP contribution >= 0.6 is 23.1 Å². The first-order chi connectivity index (χ1) is 13.3. The van der Waals surface area contributed by atoms with Crippen LogP contribution in [0.15, 0.2) is 64.0 Å². The molecule has 2 N–H and O–H groups in total. The number of aromatic amines is 1. The molecule has 0 fully saturated rings. The molecule has 0 aliphatic carbocycles. The fourth-order valence-electron chi connectivity index (χ4n) is 2.78. The molecule has 27 heavy (non-hydrogen) atoms. The van der Waals surface area contributed by atoms with Crippen molar-refractivity contribution in [2.24, 2.45) is 0 Å². The molecule has 5 aromatic rings. The molecular formula is C19H14N6S2. The van der Waals surface area contributed by atoms with Crippen molar-refractivity contribution >= 4 is 56.0 Å². The zero-order valence-corrected chi connectivity index (χ0v) is 15.9. The maximum absolute atomic E-state index is 4.57. The molecule has 2 aromatic carbocycles. The summed E-state index contributed by atoms with van der Waals surface area (Å²) in [6, 6.07) is 14.2. The van der Waals surface area contributed by atoms with E-state index in [1.54, 1.807) is 23.1 Å². The van der Waals surface area contributed by atoms with E-state index in [1.165, 1.54) is 4.70 Å². The topological polar surface area (TPSA) is 79.4 Å². The Bertz CT molecular complexity index is 1260. The second kappa shape index (κ2) is 6.64. The lowest BCUT2D eigenvalue weighted by Crippen LogP contribution is -1.98. The highest BCUT2D eigenvalue weighted by atomic mass is 32.2. The number of anilines is 2. The van der Waals surface area contributed by atoms with Gasteiger partial charge >= 0.3 is 0 Å². The van der Waals surface area contributed by atoms with Crippen LogP contribution in [-0.4, -0.2) is 25.1 Å². The molecule has 5 rings (SSSR count). The van der Waals surface area contributed by atoms with Gasteiger partial charge in [-0.2, -0.15) is 5.10 Å². The van der Waals surface area contributed by atoms with Crippen molar-refractivity contribution in [1.82, 2.24) is 25.1 Å². The van der Waals surface area contributed by atoms with Gasteiger partial charge in [-0.05, 0) is 31.2 Å². The zero-order valence-electron chi connectivity index (χ0n) is 14.3. The van der Waals surface area contributed by atoms with E-state index in [0.29, 0.717) is 5.95 Å². The molecular weight excluding hydrogens is 376 g/mol. The minimum atomic E-state index is 0.528. The van der Waals surface area contributed by atoms with Crippen LogP contribution in [0.2, 0.25) is 0 Å². The predicted octanol–water partition coefficient (Wildman–Crippen LogP) is 5.17. The number of nitrogens with one attached hydrogen (secondary N) is 2. The van der Waals surface area contributed by atoms with Crippen LogP contribution in [0.1, 0.15) is 5.69 Å². The highest BCUT2D eigenvalue weighted by Crippen LogP contribution is 2.37. The van der Waals surface area contributed by atoms with Crippen LogP contribution in [0.25, 0.3) is 21.1 Å². The van der Waals surface area contributed by atoms with Crippen molar-refractivity contribution in [2.45, 2.75) is 16.7 Å². The summed E-state index contributed by atoms with van der Waals surface area (Å²) in [5.74, 6) is 1.25. The van der Waals surface area contributed by atoms with E-state index in [9.17, 15) is 0 Å². The minimum Gasteiger partial charge on any atom is -0.306 e. The molecule has 6 nitrogen and oxygen atoms in total. The van der Waals surface area contributed by atoms with Gasteiger partial charge < -0.3 is 5.32 Å². The minimum absolute atomic E-state index is 0.528. The van der Waals surface area contributed by atoms with Crippen LogP contribution in [0.4, 0.5) is 11.8 Å². The molecule has 0 amide bonds. The van der Waals surface area contributed by atoms with Gasteiger partial charge in [0.05, 0.1) is 26.1 Å². The summed E-state index contributed by atoms with van der Waals surface area (Å²) in [6.45, 7) is 2.01. The lowest BCUT2D eigenvalue weighted by atomic mass is 10.2. The van der Waals surface area contributed by atoms with Gasteiger partial charge in [0.1, 0.15) is 0 Å². The van der Waals surface area contributed by atoms with Gasteiger partial charge in [-0.1, -0.05) is 30.0 Å². The quantitative estimate of drug-likeness (QED) is 0.441. The summed E-state index contributed by atoms with van der Waals surface area (Å²) in [5.41, 5.74) is 4.78. The second-order valence-corrected chi connectivity index (χ2v) is 7.96. The van der Waals surface area contributed by atoms with E-state index in [2.05, 4.69) is 42.6 Å². The highest BCUT2D eigenvalue weighted by molar-refractivity contribution is 7.99. The summed E-state index contributed by atoms with van der Waals surface area (Å²) in [4.78, 5) is 15.5. The molecule has 0 aliphatic rings. The first kappa shape index (κ1) is 16.2. The smallest absolute Gasteiger partial charge is 0.228 e. The Morgan fingerprint density at radius 2 is 2.00 bits per heavy atom. The average Bonchev–Trinajstić information content (AvgIpc) is 3.29. The SMILES string of the molecule is Cc1[nH]nc(Nc2ncc3ccccc3n2)c1Sc1ccc2ncsc2c1. The van der Waals surface area contributed by atoms with Crippen LogP contribution in [0, 0.1) is 6.92 Å². The molecule has 0 saturated carbocycles. The Morgan fingerprint density at radius 3 is 2.96 bits per heavy atom. The van der Waals surface area contributed by atoms with Crippen molar-refractivity contribution in [1.29, 1.82) is 0 Å². The monoisotopic (exact) mass is 390 g/mol. The van der Waals surface area contributed by atoms with Crippen LogP contribution in [0.5, 0.6) is 0 Å². The van der Waals surface area contributed by atoms with E-state index in [0.717, 1.165) is 37.7 Å². The molecule has 132 valence electrons. The number of benzene rings is 2. The molecule has 0 bridgehead atoms. The van der Waals surface area contributed by atoms with Crippen molar-refractivity contribution in [3.8, 4) is 0 Å². The number of nitrogens with zero attached hydrogens (tertiary/aromatic N) is 4. The van der Waals surface area contributed by atoms with Gasteiger partial charge in [-0.15, -0.1) is 11.3 Å². The van der Waals surface area contributed by atoms with E-state index in [1.807, 2.05) is 49.0 Å². The van der Waals surface area contributed by atoms with E-state index in [4.69, 9.17) is 0 Å². The maximum atomic E-state index is 4.57. The molecule has 3 aromatic heterocycles. The molecule has 8 heteroatoms. The van der Waals surface area contributed by atoms with Crippen molar-refractivity contribution in [3.05, 3.63) is 59.9 Å². The Labute approximate surface area is 163 Å². The summed E-state index contributed by atoms with van der Waals surface area (Å²) in [5, 5.41) is 11.7. The van der Waals surface area contributed by atoms with Gasteiger partial charge in [-0.3, -0.25) is 5.10 Å². The third-order valence-electron chi connectivity index (χ3n) is 4.13. The second-order valence-electron chi connectivity index (χ2n) is 5.99. The van der Waals surface area contributed by atoms with E-state index in [-0.39, 0.29) is 0 Å². The van der Waals surface area contributed by atoms with Crippen LogP contribution < -0.4 is 5.32 Å². The molecule has 0 spiro atoms. The van der Waals surface area contributed by atoms with Gasteiger partial charge in [0.2, 0.25) is 5.95 Å². The summed E-state index contributed by atoms with van der Waals surface area (Å²) < 4.78 is 1.17. The van der Waals surface area contributed by atoms with Crippen LogP contribution in [0.3, 0.4) is 0 Å². The lowest BCUT2D eigenvalue weighted by Gasteiger charge is -2.06. The maximum Gasteiger partial charge on any atom is 0.228 e. The number of aryl methyl sites for hydroxylation is 1. The molecule has 0 radical (unpaired) electrons. The van der Waals surface area contributed by atoms with Gasteiger partial charge in [-0.25, -0.2) is 15.0 Å². The fourth-order valence-corrected chi connectivity index (χ4v) is 4.52. The van der Waals surface area contributed by atoms with Crippen molar-refractivity contribution in [2.75, 3.05) is 5.32 Å². The van der Waals surface area contributed by atoms with Gasteiger partial charge in [0.15, 0.2) is 5.82 Å². The number of hydrogen-bond acceptors (Lipinski definition) is 7. The van der Waals surface area contributed by atoms with Crippen molar-refractivity contribution in [3.63, 3.8) is 0 Å². The van der Waals surface area contributed by atoms with E-state index < -0.39 is 0 Å². The molecule has 3 heterocycles. The summed E-state index contributed by atoms with van der Waals surface area (Å²) >= 11 is 3.30. The average molecular weight is 390 g/mol. The largest absolute Gasteiger partial charge is 0.306 e. The standard InChI is InChI=1S/C19H14N6S2/c1-11-17(27-13-6-7-15-16(8-13)26-10-21-15)18(25-24-11)23-19-20-9-12-4-2-3-5-14(12)22-19/h2-10H,1H3,(H2,20,22,23,24,25).